The van der Waals surface area contributed by atoms with Gasteiger partial charge in [0.25, 0.3) is 0 Å². The number of carbonyl (C=O) groups is 2. The topological polar surface area (TPSA) is 66.4 Å². The van der Waals surface area contributed by atoms with Crippen LogP contribution in [0.4, 0.5) is 0 Å². The highest BCUT2D eigenvalue weighted by atomic mass is 16.4. The van der Waals surface area contributed by atoms with Gasteiger partial charge in [0.05, 0.1) is 12.0 Å². The summed E-state index contributed by atoms with van der Waals surface area (Å²) in [5, 5.41) is 12.3. The third-order valence-corrected chi connectivity index (χ3v) is 4.64. The number of amides is 1. The number of aromatic carboxylic acids is 1. The van der Waals surface area contributed by atoms with E-state index in [9.17, 15) is 9.59 Å². The van der Waals surface area contributed by atoms with Gasteiger partial charge in [0.1, 0.15) is 0 Å². The summed E-state index contributed by atoms with van der Waals surface area (Å²) in [6, 6.07) is 6.88. The summed E-state index contributed by atoms with van der Waals surface area (Å²) < 4.78 is 0. The number of hydrogen-bond donors (Lipinski definition) is 2. The molecule has 4 heteroatoms. The molecule has 1 aliphatic carbocycles. The van der Waals surface area contributed by atoms with E-state index in [2.05, 4.69) is 26.1 Å². The van der Waals surface area contributed by atoms with E-state index in [1.165, 1.54) is 6.07 Å². The maximum absolute atomic E-state index is 12.3. The van der Waals surface area contributed by atoms with Gasteiger partial charge in [-0.3, -0.25) is 4.79 Å². The van der Waals surface area contributed by atoms with Crippen molar-refractivity contribution < 1.29 is 14.7 Å². The highest BCUT2D eigenvalue weighted by Gasteiger charge is 2.33. The Labute approximate surface area is 131 Å². The third kappa shape index (κ3) is 4.09. The minimum atomic E-state index is -0.990. The third-order valence-electron chi connectivity index (χ3n) is 4.64. The molecule has 0 bridgehead atoms. The minimum absolute atomic E-state index is 0.0924. The maximum Gasteiger partial charge on any atom is 0.335 e. The van der Waals surface area contributed by atoms with Crippen molar-refractivity contribution in [2.24, 2.45) is 11.3 Å². The zero-order valence-corrected chi connectivity index (χ0v) is 13.6. The molecule has 2 unspecified atom stereocenters. The van der Waals surface area contributed by atoms with Crippen LogP contribution in [0.15, 0.2) is 24.3 Å². The van der Waals surface area contributed by atoms with E-state index in [1.807, 2.05) is 0 Å². The first-order valence-electron chi connectivity index (χ1n) is 7.89. The fraction of sp³-hybridized carbons (Fsp3) is 0.556. The molecule has 1 amide bonds. The standard InChI is InChI=1S/C18H25NO3/c1-12-11-18(2,3)9-8-15(12)19-16(20)10-13-6-4-5-7-14(13)17(21)22/h4-7,12,15H,8-11H2,1-3H3,(H,19,20)(H,21,22). The van der Waals surface area contributed by atoms with Gasteiger partial charge in [-0.1, -0.05) is 39.0 Å². The molecule has 2 rings (SSSR count). The zero-order chi connectivity index (χ0) is 16.3. The molecule has 1 saturated carbocycles. The Kier molecular flexibility index (Phi) is 4.89. The van der Waals surface area contributed by atoms with Crippen LogP contribution in [-0.2, 0) is 11.2 Å². The van der Waals surface area contributed by atoms with E-state index in [0.29, 0.717) is 16.9 Å². The first-order chi connectivity index (χ1) is 10.3. The number of hydrogen-bond acceptors (Lipinski definition) is 2. The molecular weight excluding hydrogens is 278 g/mol. The predicted molar refractivity (Wildman–Crippen MR) is 85.8 cm³/mol. The van der Waals surface area contributed by atoms with Crippen molar-refractivity contribution in [2.75, 3.05) is 0 Å². The number of nitrogens with one attached hydrogen (secondary N) is 1. The monoisotopic (exact) mass is 303 g/mol. The van der Waals surface area contributed by atoms with Crippen LogP contribution < -0.4 is 5.32 Å². The van der Waals surface area contributed by atoms with Crippen molar-refractivity contribution in [3.63, 3.8) is 0 Å². The van der Waals surface area contributed by atoms with Gasteiger partial charge in [-0.2, -0.15) is 0 Å². The van der Waals surface area contributed by atoms with E-state index < -0.39 is 5.97 Å². The van der Waals surface area contributed by atoms with Crippen LogP contribution in [0.25, 0.3) is 0 Å². The largest absolute Gasteiger partial charge is 0.478 e. The Morgan fingerprint density at radius 2 is 2.00 bits per heavy atom. The summed E-state index contributed by atoms with van der Waals surface area (Å²) in [4.78, 5) is 23.4. The zero-order valence-electron chi connectivity index (χ0n) is 13.6. The van der Waals surface area contributed by atoms with Crippen LogP contribution in [0.3, 0.4) is 0 Å². The molecule has 120 valence electrons. The molecule has 1 aromatic rings. The van der Waals surface area contributed by atoms with Crippen LogP contribution in [0.2, 0.25) is 0 Å². The van der Waals surface area contributed by atoms with Crippen LogP contribution >= 0.6 is 0 Å². The lowest BCUT2D eigenvalue weighted by molar-refractivity contribution is -0.122. The lowest BCUT2D eigenvalue weighted by Gasteiger charge is -2.39. The molecule has 1 fully saturated rings. The first-order valence-corrected chi connectivity index (χ1v) is 7.89. The van der Waals surface area contributed by atoms with Gasteiger partial charge in [0.15, 0.2) is 0 Å². The summed E-state index contributed by atoms with van der Waals surface area (Å²) in [6.07, 6.45) is 3.31. The van der Waals surface area contributed by atoms with Gasteiger partial charge in [-0.25, -0.2) is 4.79 Å². The van der Waals surface area contributed by atoms with Crippen molar-refractivity contribution in [3.8, 4) is 0 Å². The lowest BCUT2D eigenvalue weighted by Crippen LogP contribution is -2.45. The molecule has 0 aromatic heterocycles. The smallest absolute Gasteiger partial charge is 0.335 e. The molecule has 2 atom stereocenters. The molecule has 0 saturated heterocycles. The Morgan fingerprint density at radius 3 is 2.64 bits per heavy atom. The molecule has 1 aliphatic rings. The maximum atomic E-state index is 12.3. The van der Waals surface area contributed by atoms with Crippen molar-refractivity contribution in [2.45, 2.75) is 52.5 Å². The van der Waals surface area contributed by atoms with E-state index in [4.69, 9.17) is 5.11 Å². The Hall–Kier alpha value is -1.84. The lowest BCUT2D eigenvalue weighted by atomic mass is 9.70. The van der Waals surface area contributed by atoms with Crippen molar-refractivity contribution in [1.82, 2.24) is 5.32 Å². The van der Waals surface area contributed by atoms with Gasteiger partial charge in [0.2, 0.25) is 5.91 Å². The van der Waals surface area contributed by atoms with Gasteiger partial charge in [0, 0.05) is 6.04 Å². The molecule has 0 radical (unpaired) electrons. The van der Waals surface area contributed by atoms with Crippen molar-refractivity contribution in [1.29, 1.82) is 0 Å². The fourth-order valence-corrected chi connectivity index (χ4v) is 3.48. The molecule has 2 N–H and O–H groups in total. The van der Waals surface area contributed by atoms with E-state index >= 15 is 0 Å². The van der Waals surface area contributed by atoms with Crippen LogP contribution in [-0.4, -0.2) is 23.0 Å². The minimum Gasteiger partial charge on any atom is -0.478 e. The number of carboxylic acids is 1. The van der Waals surface area contributed by atoms with Crippen LogP contribution in [0.1, 0.15) is 56.0 Å². The number of carboxylic acid groups (broad SMARTS) is 1. The summed E-state index contributed by atoms with van der Waals surface area (Å²) in [7, 11) is 0. The number of rotatable bonds is 4. The Balaban J connectivity index is 1.98. The van der Waals surface area contributed by atoms with E-state index in [-0.39, 0.29) is 23.9 Å². The highest BCUT2D eigenvalue weighted by Crippen LogP contribution is 2.38. The summed E-state index contributed by atoms with van der Waals surface area (Å²) in [5.41, 5.74) is 1.11. The number of carbonyl (C=O) groups excluding carboxylic acids is 1. The molecule has 22 heavy (non-hydrogen) atoms. The van der Waals surface area contributed by atoms with Gasteiger partial charge >= 0.3 is 5.97 Å². The summed E-state index contributed by atoms with van der Waals surface area (Å²) in [5.74, 6) is -0.635. The molecule has 1 aromatic carbocycles. The van der Waals surface area contributed by atoms with Gasteiger partial charge < -0.3 is 10.4 Å². The highest BCUT2D eigenvalue weighted by molar-refractivity contribution is 5.91. The van der Waals surface area contributed by atoms with Crippen LogP contribution in [0.5, 0.6) is 0 Å². The number of benzene rings is 1. The SMILES string of the molecule is CC1CC(C)(C)CCC1NC(=O)Cc1ccccc1C(=O)O. The van der Waals surface area contributed by atoms with Crippen LogP contribution in [0, 0.1) is 11.3 Å². The van der Waals surface area contributed by atoms with E-state index in [1.54, 1.807) is 18.2 Å². The van der Waals surface area contributed by atoms with E-state index in [0.717, 1.165) is 19.3 Å². The summed E-state index contributed by atoms with van der Waals surface area (Å²) >= 11 is 0. The predicted octanol–water partition coefficient (Wildman–Crippen LogP) is 3.26. The Morgan fingerprint density at radius 1 is 1.32 bits per heavy atom. The average Bonchev–Trinajstić information content (AvgIpc) is 2.42. The Bertz CT molecular complexity index is 565. The average molecular weight is 303 g/mol. The molecule has 4 nitrogen and oxygen atoms in total. The molecule has 0 aliphatic heterocycles. The normalized spacial score (nSPS) is 23.8. The quantitative estimate of drug-likeness (QED) is 0.897. The van der Waals surface area contributed by atoms with Gasteiger partial charge in [-0.15, -0.1) is 0 Å². The second kappa shape index (κ2) is 6.51. The fourth-order valence-electron chi connectivity index (χ4n) is 3.48. The second-order valence-corrected chi connectivity index (χ2v) is 7.20. The first kappa shape index (κ1) is 16.5. The molecule has 0 spiro atoms. The second-order valence-electron chi connectivity index (χ2n) is 7.20. The molecular formula is C18H25NO3. The molecule has 0 heterocycles. The van der Waals surface area contributed by atoms with Crippen molar-refractivity contribution in [3.05, 3.63) is 35.4 Å². The van der Waals surface area contributed by atoms with Gasteiger partial charge in [-0.05, 0) is 42.2 Å². The van der Waals surface area contributed by atoms with Crippen molar-refractivity contribution >= 4 is 11.9 Å². The summed E-state index contributed by atoms with van der Waals surface area (Å²) in [6.45, 7) is 6.71.